The third kappa shape index (κ3) is 2.72. The van der Waals surface area contributed by atoms with Gasteiger partial charge in [0.25, 0.3) is 6.43 Å². The molecule has 0 bridgehead atoms. The third-order valence-corrected chi connectivity index (χ3v) is 2.63. The summed E-state index contributed by atoms with van der Waals surface area (Å²) in [4.78, 5) is 14.2. The van der Waals surface area contributed by atoms with Crippen molar-refractivity contribution in [2.45, 2.75) is 12.8 Å². The van der Waals surface area contributed by atoms with Gasteiger partial charge in [0, 0.05) is 11.8 Å². The molecule has 0 atom stereocenters. The first-order valence-electron chi connectivity index (χ1n) is 4.15. The smallest absolute Gasteiger partial charge is 0.310 e. The molecule has 0 fully saturated rings. The molecule has 1 heterocycles. The van der Waals surface area contributed by atoms with Gasteiger partial charge in [-0.3, -0.25) is 4.79 Å². The maximum Gasteiger partial charge on any atom is 0.310 e. The fourth-order valence-electron chi connectivity index (χ4n) is 1.12. The second-order valence-electron chi connectivity index (χ2n) is 2.86. The number of alkyl halides is 2. The predicted octanol–water partition coefficient (Wildman–Crippen LogP) is 2.64. The molecule has 0 aliphatic rings. The monoisotopic (exact) mass is 297 g/mol. The van der Waals surface area contributed by atoms with Gasteiger partial charge in [0.15, 0.2) is 0 Å². The van der Waals surface area contributed by atoms with Gasteiger partial charge < -0.3 is 4.74 Å². The van der Waals surface area contributed by atoms with Crippen LogP contribution in [-0.2, 0) is 16.0 Å². The van der Waals surface area contributed by atoms with Crippen LogP contribution >= 0.6 is 15.9 Å². The minimum atomic E-state index is -2.90. The van der Waals surface area contributed by atoms with Crippen LogP contribution in [-0.4, -0.2) is 18.1 Å². The Labute approximate surface area is 97.8 Å². The van der Waals surface area contributed by atoms with E-state index in [1.54, 1.807) is 0 Å². The van der Waals surface area contributed by atoms with E-state index in [1.807, 2.05) is 0 Å². The first kappa shape index (κ1) is 13.0. The lowest BCUT2D eigenvalue weighted by Crippen LogP contribution is -2.09. The second-order valence-corrected chi connectivity index (χ2v) is 3.65. The van der Waals surface area contributed by atoms with Crippen LogP contribution in [0.5, 0.6) is 0 Å². The summed E-state index contributed by atoms with van der Waals surface area (Å²) in [7, 11) is 1.14. The van der Waals surface area contributed by atoms with Crippen LogP contribution in [0, 0.1) is 5.95 Å². The number of methoxy groups -OCH3 is 1. The highest BCUT2D eigenvalue weighted by molar-refractivity contribution is 9.10. The van der Waals surface area contributed by atoms with Crippen LogP contribution in [0.4, 0.5) is 13.2 Å². The molecule has 0 aliphatic carbocycles. The van der Waals surface area contributed by atoms with Gasteiger partial charge >= 0.3 is 5.97 Å². The van der Waals surface area contributed by atoms with Gasteiger partial charge in [0.1, 0.15) is 0 Å². The van der Waals surface area contributed by atoms with Crippen molar-refractivity contribution in [3.05, 3.63) is 27.7 Å². The van der Waals surface area contributed by atoms with Crippen molar-refractivity contribution in [3.8, 4) is 0 Å². The first-order valence-corrected chi connectivity index (χ1v) is 4.94. The molecule has 0 saturated carbocycles. The molecule has 7 heteroatoms. The number of carbonyl (C=O) groups excluding carboxylic acids is 1. The maximum absolute atomic E-state index is 12.9. The number of carbonyl (C=O) groups is 1. The number of rotatable bonds is 3. The summed E-state index contributed by atoms with van der Waals surface area (Å²) in [6.07, 6.45) is -2.37. The lowest BCUT2D eigenvalue weighted by molar-refractivity contribution is -0.139. The molecule has 1 aromatic heterocycles. The summed E-state index contributed by atoms with van der Waals surface area (Å²) in [6, 6.07) is 0. The number of pyridine rings is 1. The van der Waals surface area contributed by atoms with E-state index in [9.17, 15) is 18.0 Å². The molecular weight excluding hydrogens is 291 g/mol. The van der Waals surface area contributed by atoms with Crippen molar-refractivity contribution in [1.82, 2.24) is 4.98 Å². The fraction of sp³-hybridized carbons (Fsp3) is 0.333. The standard InChI is InChI=1S/C9H7BrF3NO2/c1-16-5(15)2-4-3-14-9(13)7(10)6(4)8(11)12/h3,8H,2H2,1H3. The third-order valence-electron chi connectivity index (χ3n) is 1.88. The molecule has 0 amide bonds. The normalized spacial score (nSPS) is 10.6. The Morgan fingerprint density at radius 1 is 1.62 bits per heavy atom. The molecule has 1 aromatic rings. The van der Waals surface area contributed by atoms with Gasteiger partial charge in [-0.2, -0.15) is 4.39 Å². The van der Waals surface area contributed by atoms with Crippen LogP contribution in [0.25, 0.3) is 0 Å². The van der Waals surface area contributed by atoms with Gasteiger partial charge in [-0.25, -0.2) is 13.8 Å². The Morgan fingerprint density at radius 3 is 2.75 bits per heavy atom. The zero-order valence-electron chi connectivity index (χ0n) is 8.14. The molecule has 0 radical (unpaired) electrons. The average molecular weight is 298 g/mol. The van der Waals surface area contributed by atoms with Crippen LogP contribution < -0.4 is 0 Å². The Hall–Kier alpha value is -1.11. The Balaban J connectivity index is 3.18. The highest BCUT2D eigenvalue weighted by Gasteiger charge is 2.22. The Kier molecular flexibility index (Phi) is 4.28. The SMILES string of the molecule is COC(=O)Cc1cnc(F)c(Br)c1C(F)F. The molecule has 0 saturated heterocycles. The van der Waals surface area contributed by atoms with E-state index in [0.29, 0.717) is 0 Å². The first-order chi connectivity index (χ1) is 7.47. The molecule has 0 N–H and O–H groups in total. The average Bonchev–Trinajstić information content (AvgIpc) is 2.23. The molecular formula is C9H7BrF3NO2. The summed E-state index contributed by atoms with van der Waals surface area (Å²) in [5, 5.41) is 0. The quantitative estimate of drug-likeness (QED) is 0.636. The Bertz CT molecular complexity index is 412. The van der Waals surface area contributed by atoms with Crippen molar-refractivity contribution >= 4 is 21.9 Å². The molecule has 1 rings (SSSR count). The molecule has 88 valence electrons. The van der Waals surface area contributed by atoms with Crippen LogP contribution in [0.15, 0.2) is 10.7 Å². The van der Waals surface area contributed by atoms with E-state index >= 15 is 0 Å². The summed E-state index contributed by atoms with van der Waals surface area (Å²) in [6.45, 7) is 0. The van der Waals surface area contributed by atoms with Gasteiger partial charge in [-0.15, -0.1) is 0 Å². The van der Waals surface area contributed by atoms with E-state index in [2.05, 4.69) is 25.7 Å². The van der Waals surface area contributed by atoms with Crippen LogP contribution in [0.1, 0.15) is 17.6 Å². The zero-order chi connectivity index (χ0) is 12.3. The number of halogens is 4. The lowest BCUT2D eigenvalue weighted by Gasteiger charge is -2.09. The number of aromatic nitrogens is 1. The minimum Gasteiger partial charge on any atom is -0.469 e. The Morgan fingerprint density at radius 2 is 2.25 bits per heavy atom. The van der Waals surface area contributed by atoms with Gasteiger partial charge in [-0.1, -0.05) is 0 Å². The van der Waals surface area contributed by atoms with E-state index in [4.69, 9.17) is 0 Å². The molecule has 3 nitrogen and oxygen atoms in total. The second kappa shape index (κ2) is 5.29. The molecule has 0 unspecified atom stereocenters. The fourth-order valence-corrected chi connectivity index (χ4v) is 1.65. The number of esters is 1. The summed E-state index contributed by atoms with van der Waals surface area (Å²) in [5.74, 6) is -1.73. The van der Waals surface area contributed by atoms with E-state index in [1.165, 1.54) is 0 Å². The number of nitrogens with zero attached hydrogens (tertiary/aromatic N) is 1. The summed E-state index contributed by atoms with van der Waals surface area (Å²) in [5.41, 5.74) is -0.631. The van der Waals surface area contributed by atoms with Gasteiger partial charge in [0.05, 0.1) is 18.0 Å². The lowest BCUT2D eigenvalue weighted by atomic mass is 10.1. The number of hydrogen-bond acceptors (Lipinski definition) is 3. The molecule has 0 aromatic carbocycles. The van der Waals surface area contributed by atoms with E-state index < -0.39 is 28.4 Å². The largest absolute Gasteiger partial charge is 0.469 e. The summed E-state index contributed by atoms with van der Waals surface area (Å²) < 4.78 is 42.1. The van der Waals surface area contributed by atoms with Crippen LogP contribution in [0.3, 0.4) is 0 Å². The number of hydrogen-bond donors (Lipinski definition) is 0. The summed E-state index contributed by atoms with van der Waals surface area (Å²) >= 11 is 2.67. The maximum atomic E-state index is 12.9. The van der Waals surface area contributed by atoms with E-state index in [0.717, 1.165) is 13.3 Å². The minimum absolute atomic E-state index is 0.0601. The van der Waals surface area contributed by atoms with Crippen LogP contribution in [0.2, 0.25) is 0 Å². The van der Waals surface area contributed by atoms with Crippen molar-refractivity contribution in [3.63, 3.8) is 0 Å². The van der Waals surface area contributed by atoms with Crippen molar-refractivity contribution in [1.29, 1.82) is 0 Å². The van der Waals surface area contributed by atoms with Crippen molar-refractivity contribution in [2.24, 2.45) is 0 Å². The highest BCUT2D eigenvalue weighted by Crippen LogP contribution is 2.31. The molecule has 0 spiro atoms. The topological polar surface area (TPSA) is 39.2 Å². The number of ether oxygens (including phenoxy) is 1. The highest BCUT2D eigenvalue weighted by atomic mass is 79.9. The van der Waals surface area contributed by atoms with Gasteiger partial charge in [0.2, 0.25) is 5.95 Å². The van der Waals surface area contributed by atoms with Crippen molar-refractivity contribution in [2.75, 3.05) is 7.11 Å². The predicted molar refractivity (Wildman–Crippen MR) is 52.6 cm³/mol. The zero-order valence-corrected chi connectivity index (χ0v) is 9.72. The molecule has 16 heavy (non-hydrogen) atoms. The molecule has 0 aliphatic heterocycles. The van der Waals surface area contributed by atoms with Gasteiger partial charge in [-0.05, 0) is 21.5 Å². The van der Waals surface area contributed by atoms with Crippen molar-refractivity contribution < 1.29 is 22.7 Å². The van der Waals surface area contributed by atoms with E-state index in [-0.39, 0.29) is 12.0 Å².